The standard InChI is InChI=1S/C13H18ClNO3/c1-8(2)18-12-5-4-10(14)6-11(12)13(17)15-7-9(3)16/h4-6,8-9,16H,7H2,1-3H3,(H,15,17). The van der Waals surface area contributed by atoms with E-state index < -0.39 is 6.10 Å². The number of hydrogen-bond acceptors (Lipinski definition) is 3. The van der Waals surface area contributed by atoms with Crippen molar-refractivity contribution in [3.05, 3.63) is 28.8 Å². The zero-order valence-electron chi connectivity index (χ0n) is 10.7. The van der Waals surface area contributed by atoms with E-state index in [0.717, 1.165) is 0 Å². The van der Waals surface area contributed by atoms with Gasteiger partial charge < -0.3 is 15.2 Å². The van der Waals surface area contributed by atoms with E-state index >= 15 is 0 Å². The summed E-state index contributed by atoms with van der Waals surface area (Å²) in [7, 11) is 0. The summed E-state index contributed by atoms with van der Waals surface area (Å²) >= 11 is 5.88. The Morgan fingerprint density at radius 1 is 1.44 bits per heavy atom. The van der Waals surface area contributed by atoms with Crippen LogP contribution in [0.1, 0.15) is 31.1 Å². The largest absolute Gasteiger partial charge is 0.490 e. The first kappa shape index (κ1) is 14.8. The van der Waals surface area contributed by atoms with Crippen LogP contribution in [-0.4, -0.2) is 29.8 Å². The van der Waals surface area contributed by atoms with Crippen molar-refractivity contribution in [2.75, 3.05) is 6.54 Å². The molecule has 1 unspecified atom stereocenters. The van der Waals surface area contributed by atoms with Gasteiger partial charge >= 0.3 is 0 Å². The zero-order valence-corrected chi connectivity index (χ0v) is 11.5. The van der Waals surface area contributed by atoms with E-state index in [-0.39, 0.29) is 18.6 Å². The van der Waals surface area contributed by atoms with Gasteiger partial charge in [-0.25, -0.2) is 0 Å². The molecule has 0 radical (unpaired) electrons. The first-order valence-corrected chi connectivity index (χ1v) is 6.20. The van der Waals surface area contributed by atoms with Crippen LogP contribution in [0.25, 0.3) is 0 Å². The lowest BCUT2D eigenvalue weighted by Crippen LogP contribution is -2.31. The van der Waals surface area contributed by atoms with Gasteiger partial charge in [0.2, 0.25) is 0 Å². The molecule has 100 valence electrons. The maximum absolute atomic E-state index is 11.9. The Morgan fingerprint density at radius 2 is 2.11 bits per heavy atom. The number of nitrogens with one attached hydrogen (secondary N) is 1. The Bertz CT molecular complexity index is 419. The van der Waals surface area contributed by atoms with E-state index in [0.29, 0.717) is 16.3 Å². The molecule has 1 amide bonds. The van der Waals surface area contributed by atoms with E-state index in [1.54, 1.807) is 25.1 Å². The summed E-state index contributed by atoms with van der Waals surface area (Å²) in [6, 6.07) is 4.89. The highest BCUT2D eigenvalue weighted by Crippen LogP contribution is 2.23. The van der Waals surface area contributed by atoms with Gasteiger partial charge in [0.25, 0.3) is 5.91 Å². The fourth-order valence-corrected chi connectivity index (χ4v) is 1.54. The molecule has 0 aliphatic carbocycles. The van der Waals surface area contributed by atoms with E-state index in [9.17, 15) is 4.79 Å². The number of aliphatic hydroxyl groups is 1. The van der Waals surface area contributed by atoms with Crippen LogP contribution in [0.4, 0.5) is 0 Å². The number of amides is 1. The van der Waals surface area contributed by atoms with Crippen LogP contribution >= 0.6 is 11.6 Å². The molecule has 0 bridgehead atoms. The summed E-state index contributed by atoms with van der Waals surface area (Å²) in [5.41, 5.74) is 0.372. The van der Waals surface area contributed by atoms with Gasteiger partial charge in [-0.1, -0.05) is 11.6 Å². The fourth-order valence-electron chi connectivity index (χ4n) is 1.37. The minimum Gasteiger partial charge on any atom is -0.490 e. The Morgan fingerprint density at radius 3 is 2.67 bits per heavy atom. The molecule has 0 spiro atoms. The number of benzene rings is 1. The fraction of sp³-hybridized carbons (Fsp3) is 0.462. The first-order valence-electron chi connectivity index (χ1n) is 5.82. The summed E-state index contributed by atoms with van der Waals surface area (Å²) in [5, 5.41) is 12.2. The highest BCUT2D eigenvalue weighted by Gasteiger charge is 2.14. The minimum absolute atomic E-state index is 0.0329. The molecule has 1 aromatic rings. The molecule has 1 aromatic carbocycles. The van der Waals surface area contributed by atoms with E-state index in [2.05, 4.69) is 5.32 Å². The van der Waals surface area contributed by atoms with Crippen molar-refractivity contribution >= 4 is 17.5 Å². The summed E-state index contributed by atoms with van der Waals surface area (Å²) in [5.74, 6) is 0.173. The third-order valence-corrected chi connectivity index (χ3v) is 2.34. The predicted octanol–water partition coefficient (Wildman–Crippen LogP) is 2.24. The third-order valence-electron chi connectivity index (χ3n) is 2.11. The average molecular weight is 272 g/mol. The molecule has 1 atom stereocenters. The molecule has 0 fully saturated rings. The summed E-state index contributed by atoms with van der Waals surface area (Å²) in [6.07, 6.45) is -0.628. The van der Waals surface area contributed by atoms with Crippen LogP contribution in [0.2, 0.25) is 5.02 Å². The predicted molar refractivity (Wildman–Crippen MR) is 71.2 cm³/mol. The van der Waals surface area contributed by atoms with Gasteiger partial charge in [-0.2, -0.15) is 0 Å². The molecule has 0 heterocycles. The second-order valence-corrected chi connectivity index (χ2v) is 4.80. The van der Waals surface area contributed by atoms with Crippen molar-refractivity contribution in [1.29, 1.82) is 0 Å². The lowest BCUT2D eigenvalue weighted by Gasteiger charge is -2.15. The smallest absolute Gasteiger partial charge is 0.255 e. The molecule has 0 saturated heterocycles. The summed E-state index contributed by atoms with van der Waals surface area (Å²) in [6.45, 7) is 5.55. The number of carbonyl (C=O) groups excluding carboxylic acids is 1. The Balaban J connectivity index is 2.90. The maximum Gasteiger partial charge on any atom is 0.255 e. The van der Waals surface area contributed by atoms with Crippen molar-refractivity contribution in [3.63, 3.8) is 0 Å². The second-order valence-electron chi connectivity index (χ2n) is 4.37. The number of hydrogen-bond donors (Lipinski definition) is 2. The van der Waals surface area contributed by atoms with E-state index in [1.807, 2.05) is 13.8 Å². The number of aliphatic hydroxyl groups excluding tert-OH is 1. The molecule has 4 nitrogen and oxygen atoms in total. The van der Waals surface area contributed by atoms with Gasteiger partial charge in [-0.3, -0.25) is 4.79 Å². The number of halogens is 1. The maximum atomic E-state index is 11.9. The molecule has 1 rings (SSSR count). The van der Waals surface area contributed by atoms with Crippen molar-refractivity contribution in [2.45, 2.75) is 33.0 Å². The molecule has 5 heteroatoms. The van der Waals surface area contributed by atoms with Gasteiger partial charge in [0.05, 0.1) is 17.8 Å². The normalized spacial score (nSPS) is 12.3. The van der Waals surface area contributed by atoms with Gasteiger partial charge in [0.15, 0.2) is 0 Å². The molecular formula is C13H18ClNO3. The van der Waals surface area contributed by atoms with Crippen LogP contribution in [0.15, 0.2) is 18.2 Å². The third kappa shape index (κ3) is 4.55. The molecular weight excluding hydrogens is 254 g/mol. The van der Waals surface area contributed by atoms with Crippen molar-refractivity contribution in [1.82, 2.24) is 5.32 Å². The molecule has 0 aliphatic rings. The van der Waals surface area contributed by atoms with Crippen LogP contribution in [0.3, 0.4) is 0 Å². The monoisotopic (exact) mass is 271 g/mol. The topological polar surface area (TPSA) is 58.6 Å². The van der Waals surface area contributed by atoms with Crippen molar-refractivity contribution in [2.24, 2.45) is 0 Å². The molecule has 0 aromatic heterocycles. The SMILES string of the molecule is CC(O)CNC(=O)c1cc(Cl)ccc1OC(C)C. The Hall–Kier alpha value is -1.26. The number of carbonyl (C=O) groups is 1. The molecule has 18 heavy (non-hydrogen) atoms. The van der Waals surface area contributed by atoms with Gasteiger partial charge in [-0.05, 0) is 39.0 Å². The lowest BCUT2D eigenvalue weighted by molar-refractivity contribution is 0.0918. The van der Waals surface area contributed by atoms with Gasteiger partial charge in [0, 0.05) is 11.6 Å². The molecule has 0 aliphatic heterocycles. The number of rotatable bonds is 5. The average Bonchev–Trinajstić information content (AvgIpc) is 2.27. The summed E-state index contributed by atoms with van der Waals surface area (Å²) < 4.78 is 5.55. The van der Waals surface area contributed by atoms with Gasteiger partial charge in [0.1, 0.15) is 5.75 Å². The van der Waals surface area contributed by atoms with Crippen LogP contribution in [0.5, 0.6) is 5.75 Å². The van der Waals surface area contributed by atoms with Crippen LogP contribution < -0.4 is 10.1 Å². The zero-order chi connectivity index (χ0) is 13.7. The second kappa shape index (κ2) is 6.61. The van der Waals surface area contributed by atoms with Gasteiger partial charge in [-0.15, -0.1) is 0 Å². The van der Waals surface area contributed by atoms with Crippen LogP contribution in [0, 0.1) is 0 Å². The van der Waals surface area contributed by atoms with E-state index in [4.69, 9.17) is 21.4 Å². The van der Waals surface area contributed by atoms with Crippen molar-refractivity contribution in [3.8, 4) is 5.75 Å². The first-order chi connectivity index (χ1) is 8.40. The Labute approximate surface area is 112 Å². The molecule has 0 saturated carbocycles. The highest BCUT2D eigenvalue weighted by molar-refractivity contribution is 6.31. The lowest BCUT2D eigenvalue weighted by atomic mass is 10.2. The quantitative estimate of drug-likeness (QED) is 0.863. The van der Waals surface area contributed by atoms with Crippen LogP contribution in [-0.2, 0) is 0 Å². The van der Waals surface area contributed by atoms with E-state index in [1.165, 1.54) is 0 Å². The number of ether oxygens (including phenoxy) is 1. The highest BCUT2D eigenvalue weighted by atomic mass is 35.5. The summed E-state index contributed by atoms with van der Waals surface area (Å²) in [4.78, 5) is 11.9. The minimum atomic E-state index is -0.595. The molecule has 2 N–H and O–H groups in total. The Kier molecular flexibility index (Phi) is 5.44. The van der Waals surface area contributed by atoms with Crippen molar-refractivity contribution < 1.29 is 14.6 Å².